The van der Waals surface area contributed by atoms with Gasteiger partial charge in [-0.25, -0.2) is 16.8 Å². The average Bonchev–Trinajstić information content (AvgIpc) is 3.83. The first kappa shape index (κ1) is 59.4. The first-order valence-corrected chi connectivity index (χ1v) is 30.7. The van der Waals surface area contributed by atoms with Gasteiger partial charge < -0.3 is 39.3 Å². The number of hydrogen-bond acceptors (Lipinski definition) is 12. The number of nitrogens with zero attached hydrogens (tertiary/aromatic N) is 2. The molecule has 0 aliphatic heterocycles. The molecule has 8 rings (SSSR count). The summed E-state index contributed by atoms with van der Waals surface area (Å²) < 4.78 is 65.3. The number of aliphatic hydroxyl groups excluding tert-OH is 4. The second kappa shape index (κ2) is 22.6. The molecule has 20 atom stereocenters. The molecule has 410 valence electrons. The molecule has 8 fully saturated rings. The maximum Gasteiger partial charge on any atom is 2.00 e. The van der Waals surface area contributed by atoms with Crippen molar-refractivity contribution in [3.05, 3.63) is 0 Å². The molecular weight excluding hydrogens is 989 g/mol. The van der Waals surface area contributed by atoms with E-state index in [0.29, 0.717) is 83.9 Å². The second-order valence-electron chi connectivity index (χ2n) is 26.1. The van der Waals surface area contributed by atoms with E-state index in [4.69, 9.17) is 0 Å². The van der Waals surface area contributed by atoms with Crippen LogP contribution in [0.15, 0.2) is 0 Å². The Balaban J connectivity index is 0.000000229. The van der Waals surface area contributed by atoms with Gasteiger partial charge in [-0.2, -0.15) is 0 Å². The van der Waals surface area contributed by atoms with Gasteiger partial charge in [0.25, 0.3) is 0 Å². The van der Waals surface area contributed by atoms with Gasteiger partial charge in [0.2, 0.25) is 11.8 Å². The Bertz CT molecular complexity index is 1940. The fraction of sp³-hybridized carbons (Fsp3) is 0.963. The number of carbonyl (C=O) groups is 2. The zero-order valence-electron chi connectivity index (χ0n) is 44.3. The van der Waals surface area contributed by atoms with Crippen molar-refractivity contribution in [2.24, 2.45) is 92.7 Å². The topological polar surface area (TPSA) is 236 Å². The van der Waals surface area contributed by atoms with Gasteiger partial charge in [-0.05, 0) is 208 Å². The van der Waals surface area contributed by atoms with Crippen molar-refractivity contribution in [3.63, 3.8) is 0 Å². The number of carbonyl (C=O) groups excluding carboxylic acids is 2. The van der Waals surface area contributed by atoms with E-state index < -0.39 is 31.7 Å². The molecule has 0 bridgehead atoms. The number of aliphatic hydroxyl groups is 4. The van der Waals surface area contributed by atoms with Gasteiger partial charge >= 0.3 is 17.1 Å². The van der Waals surface area contributed by atoms with Crippen molar-refractivity contribution in [1.29, 1.82) is 0 Å². The summed E-state index contributed by atoms with van der Waals surface area (Å²) in [5.41, 5.74) is 0.792. The Morgan fingerprint density at radius 3 is 1.20 bits per heavy atom. The van der Waals surface area contributed by atoms with Gasteiger partial charge in [-0.15, -0.1) is 0 Å². The molecule has 0 aromatic heterocycles. The van der Waals surface area contributed by atoms with Gasteiger partial charge in [0.05, 0.1) is 56.2 Å². The van der Waals surface area contributed by atoms with Crippen molar-refractivity contribution < 1.29 is 73.0 Å². The molecule has 71 heavy (non-hydrogen) atoms. The van der Waals surface area contributed by atoms with E-state index in [9.17, 15) is 56.0 Å². The third kappa shape index (κ3) is 12.3. The molecule has 0 spiro atoms. The fourth-order valence-corrected chi connectivity index (χ4v) is 19.6. The first-order valence-electron chi connectivity index (χ1n) is 27.6. The van der Waals surface area contributed by atoms with E-state index in [2.05, 4.69) is 41.5 Å². The van der Waals surface area contributed by atoms with Crippen LogP contribution in [0.25, 0.3) is 0 Å². The van der Waals surface area contributed by atoms with Gasteiger partial charge in [-0.1, -0.05) is 41.5 Å². The minimum absolute atomic E-state index is 0. The van der Waals surface area contributed by atoms with Crippen LogP contribution in [0.5, 0.6) is 0 Å². The summed E-state index contributed by atoms with van der Waals surface area (Å²) in [5, 5.41) is 43.3. The molecule has 8 aliphatic rings. The zero-order chi connectivity index (χ0) is 51.5. The summed E-state index contributed by atoms with van der Waals surface area (Å²) in [6.07, 6.45) is 17.7. The molecule has 0 heterocycles. The van der Waals surface area contributed by atoms with Crippen molar-refractivity contribution in [1.82, 2.24) is 9.80 Å². The van der Waals surface area contributed by atoms with Gasteiger partial charge in [0, 0.05) is 40.0 Å². The summed E-state index contributed by atoms with van der Waals surface area (Å²) >= 11 is 0. The maximum atomic E-state index is 12.5. The quantitative estimate of drug-likeness (QED) is 0.104. The summed E-state index contributed by atoms with van der Waals surface area (Å²) in [5.74, 6) is 4.06. The van der Waals surface area contributed by atoms with E-state index in [-0.39, 0.29) is 88.0 Å². The minimum atomic E-state index is -4.32. The largest absolute Gasteiger partial charge is 2.00 e. The van der Waals surface area contributed by atoms with E-state index in [1.807, 2.05) is 0 Å². The molecule has 0 radical (unpaired) electrons. The van der Waals surface area contributed by atoms with E-state index in [1.165, 1.54) is 22.6 Å². The second-order valence-corrected chi connectivity index (χ2v) is 29.1. The third-order valence-corrected chi connectivity index (χ3v) is 24.0. The molecule has 14 nitrogen and oxygen atoms in total. The first-order chi connectivity index (χ1) is 32.5. The summed E-state index contributed by atoms with van der Waals surface area (Å²) in [6, 6.07) is 0. The normalized spacial score (nSPS) is 43.5. The molecule has 17 heteroatoms. The van der Waals surface area contributed by atoms with Gasteiger partial charge in [0.15, 0.2) is 0 Å². The third-order valence-electron chi connectivity index (χ3n) is 22.7. The van der Waals surface area contributed by atoms with E-state index >= 15 is 0 Å². The van der Waals surface area contributed by atoms with E-state index in [0.717, 1.165) is 103 Å². The Kier molecular flexibility index (Phi) is 18.9. The molecule has 0 saturated heterocycles. The monoisotopic (exact) mass is 1080 g/mol. The smallest absolute Gasteiger partial charge is 0.748 e. The molecule has 0 aromatic carbocycles. The molecule has 8 aliphatic carbocycles. The zero-order valence-corrected chi connectivity index (χ0v) is 47.1. The van der Waals surface area contributed by atoms with Crippen LogP contribution in [-0.2, 0) is 46.9 Å². The van der Waals surface area contributed by atoms with Crippen molar-refractivity contribution in [3.8, 4) is 0 Å². The number of amides is 2. The standard InChI is InChI=1S/2C27H47NO6S.Fe/c2*1-17(5-8-24(31)28(4)13-14-35(32,33)34)20-6-7-21-25-22(10-12-27(20,21)3)26(2)11-9-19(29)15-18(26)16-23(25)30;/h2*17-23,25,29-30H,5-16H2,1-4H3,(H,32,33,34);/q;;+2/p-2/t2*17-,18?,19-,20-,21?,22?,23-,25?,26+,27-;/m11./s1. The summed E-state index contributed by atoms with van der Waals surface area (Å²) in [6.45, 7) is 14.1. The molecule has 2 amide bonds. The number of hydrogen-bond donors (Lipinski definition) is 4. The summed E-state index contributed by atoms with van der Waals surface area (Å²) in [4.78, 5) is 27.8. The molecule has 8 unspecified atom stereocenters. The van der Waals surface area contributed by atoms with Crippen LogP contribution in [0.1, 0.15) is 170 Å². The maximum absolute atomic E-state index is 12.5. The number of fused-ring (bicyclic) bond motifs is 10. The Morgan fingerprint density at radius 2 is 0.859 bits per heavy atom. The van der Waals surface area contributed by atoms with Crippen LogP contribution in [0.4, 0.5) is 0 Å². The minimum Gasteiger partial charge on any atom is -0.748 e. The number of rotatable bonds is 14. The van der Waals surface area contributed by atoms with Crippen molar-refractivity contribution in [2.75, 3.05) is 38.7 Å². The summed E-state index contributed by atoms with van der Waals surface area (Å²) in [7, 11) is -5.52. The van der Waals surface area contributed by atoms with Crippen LogP contribution in [0.2, 0.25) is 0 Å². The molecule has 0 aromatic rings. The van der Waals surface area contributed by atoms with Crippen LogP contribution < -0.4 is 0 Å². The van der Waals surface area contributed by atoms with Gasteiger partial charge in [0.1, 0.15) is 0 Å². The van der Waals surface area contributed by atoms with Crippen molar-refractivity contribution in [2.45, 2.75) is 194 Å². The van der Waals surface area contributed by atoms with Crippen LogP contribution in [0.3, 0.4) is 0 Å². The molecular formula is C54H92FeN2O12S2. The van der Waals surface area contributed by atoms with Crippen LogP contribution in [-0.4, -0.2) is 131 Å². The predicted octanol–water partition coefficient (Wildman–Crippen LogP) is 6.79. The SMILES string of the molecule is C[C@H](CCC(=O)N(C)CCS(=O)(=O)[O-])[C@H]1CCC2C3C(CC[C@@]21C)[C@@]1(C)CC[C@@H](O)CC1C[C@H]3O.C[C@H](CCC(=O)N(C)CCS(=O)(=O)[O-])[C@H]1CCC2C3C(CC[C@@]21C)[C@@]1(C)CC[C@@H](O)CC1C[C@H]3O.[Fe+2]. The predicted molar refractivity (Wildman–Crippen MR) is 266 cm³/mol. The van der Waals surface area contributed by atoms with E-state index in [1.54, 1.807) is 14.1 Å². The fourth-order valence-electron chi connectivity index (χ4n) is 18.6. The average molecular weight is 1080 g/mol. The van der Waals surface area contributed by atoms with Crippen LogP contribution >= 0.6 is 0 Å². The van der Waals surface area contributed by atoms with Gasteiger partial charge in [-0.3, -0.25) is 9.59 Å². The van der Waals surface area contributed by atoms with Crippen LogP contribution in [0, 0.1) is 92.7 Å². The van der Waals surface area contributed by atoms with Crippen molar-refractivity contribution >= 4 is 32.1 Å². The Morgan fingerprint density at radius 1 is 0.535 bits per heavy atom. The molecule has 8 saturated carbocycles. The Hall–Kier alpha value is -0.881. The Labute approximate surface area is 438 Å². The molecule has 4 N–H and O–H groups in total.